The van der Waals surface area contributed by atoms with Gasteiger partial charge in [-0.2, -0.15) is 18.3 Å². The predicted octanol–water partition coefficient (Wildman–Crippen LogP) is 2.75. The van der Waals surface area contributed by atoms with Crippen LogP contribution in [0.2, 0.25) is 0 Å². The van der Waals surface area contributed by atoms with Crippen LogP contribution in [0.15, 0.2) is 35.1 Å². The van der Waals surface area contributed by atoms with Crippen LogP contribution in [0.25, 0.3) is 0 Å². The van der Waals surface area contributed by atoms with E-state index >= 15 is 0 Å². The van der Waals surface area contributed by atoms with Crippen molar-refractivity contribution >= 4 is 15.9 Å². The van der Waals surface area contributed by atoms with Crippen molar-refractivity contribution in [3.8, 4) is 0 Å². The minimum atomic E-state index is -4.46. The number of rotatable bonds is 3. The lowest BCUT2D eigenvalue weighted by atomic mass is 9.96. The van der Waals surface area contributed by atoms with Crippen molar-refractivity contribution in [2.75, 3.05) is 0 Å². The molecule has 1 heterocycles. The molecular weight excluding hydrogens is 337 g/mol. The molecule has 0 amide bonds. The van der Waals surface area contributed by atoms with Crippen LogP contribution in [-0.2, 0) is 13.2 Å². The van der Waals surface area contributed by atoms with E-state index in [9.17, 15) is 13.2 Å². The van der Waals surface area contributed by atoms with Gasteiger partial charge in [-0.05, 0) is 17.7 Å². The minimum absolute atomic E-state index is 0.0520. The van der Waals surface area contributed by atoms with Crippen molar-refractivity contribution in [2.24, 2.45) is 12.9 Å². The van der Waals surface area contributed by atoms with Gasteiger partial charge < -0.3 is 0 Å². The fourth-order valence-electron chi connectivity index (χ4n) is 1.98. The van der Waals surface area contributed by atoms with Crippen molar-refractivity contribution in [1.82, 2.24) is 15.2 Å². The Hall–Kier alpha value is -1.38. The highest BCUT2D eigenvalue weighted by Gasteiger charge is 2.35. The highest BCUT2D eigenvalue weighted by molar-refractivity contribution is 9.10. The van der Waals surface area contributed by atoms with Crippen LogP contribution in [0.4, 0.5) is 13.2 Å². The number of aryl methyl sites for hydroxylation is 1. The van der Waals surface area contributed by atoms with Gasteiger partial charge in [-0.25, -0.2) is 5.43 Å². The van der Waals surface area contributed by atoms with E-state index in [0.717, 1.165) is 6.07 Å². The summed E-state index contributed by atoms with van der Waals surface area (Å²) in [5.41, 5.74) is 2.28. The van der Waals surface area contributed by atoms with E-state index in [2.05, 4.69) is 26.5 Å². The van der Waals surface area contributed by atoms with Gasteiger partial charge in [0.15, 0.2) is 0 Å². The zero-order chi connectivity index (χ0) is 14.9. The molecule has 0 saturated heterocycles. The first-order valence-electron chi connectivity index (χ1n) is 5.64. The molecule has 1 atom stereocenters. The van der Waals surface area contributed by atoms with Gasteiger partial charge in [0.25, 0.3) is 0 Å². The number of benzene rings is 1. The molecule has 8 heteroatoms. The van der Waals surface area contributed by atoms with Crippen LogP contribution in [0, 0.1) is 0 Å². The zero-order valence-corrected chi connectivity index (χ0v) is 12.0. The Morgan fingerprint density at radius 3 is 2.60 bits per heavy atom. The summed E-state index contributed by atoms with van der Waals surface area (Å²) in [4.78, 5) is 0. The number of halogens is 4. The van der Waals surface area contributed by atoms with Gasteiger partial charge >= 0.3 is 6.18 Å². The molecule has 1 aromatic heterocycles. The van der Waals surface area contributed by atoms with E-state index in [4.69, 9.17) is 5.84 Å². The van der Waals surface area contributed by atoms with E-state index in [1.165, 1.54) is 16.9 Å². The molecule has 1 unspecified atom stereocenters. The Morgan fingerprint density at radius 1 is 1.40 bits per heavy atom. The van der Waals surface area contributed by atoms with Crippen LogP contribution in [-0.4, -0.2) is 9.78 Å². The first kappa shape index (κ1) is 15.0. The van der Waals surface area contributed by atoms with E-state index in [-0.39, 0.29) is 5.56 Å². The third-order valence-electron chi connectivity index (χ3n) is 2.86. The van der Waals surface area contributed by atoms with Gasteiger partial charge in [0.2, 0.25) is 0 Å². The SMILES string of the molecule is Cn1cc(C(NN)c2ccc(Br)cc2C(F)(F)F)cn1. The molecule has 0 saturated carbocycles. The molecule has 108 valence electrons. The molecule has 0 aliphatic carbocycles. The minimum Gasteiger partial charge on any atom is -0.275 e. The molecule has 0 bridgehead atoms. The Kier molecular flexibility index (Phi) is 4.17. The summed E-state index contributed by atoms with van der Waals surface area (Å²) in [5.74, 6) is 5.43. The number of nitrogens with two attached hydrogens (primary N) is 1. The van der Waals surface area contributed by atoms with Crippen molar-refractivity contribution < 1.29 is 13.2 Å². The normalized spacial score (nSPS) is 13.5. The van der Waals surface area contributed by atoms with E-state index in [1.54, 1.807) is 19.3 Å². The number of alkyl halides is 3. The van der Waals surface area contributed by atoms with Gasteiger partial charge in [-0.1, -0.05) is 22.0 Å². The lowest BCUT2D eigenvalue weighted by molar-refractivity contribution is -0.138. The quantitative estimate of drug-likeness (QED) is 0.662. The maximum Gasteiger partial charge on any atom is 0.416 e. The molecule has 0 aliphatic heterocycles. The average Bonchev–Trinajstić information content (AvgIpc) is 2.77. The Morgan fingerprint density at radius 2 is 2.10 bits per heavy atom. The third-order valence-corrected chi connectivity index (χ3v) is 3.35. The smallest absolute Gasteiger partial charge is 0.275 e. The van der Waals surface area contributed by atoms with Crippen LogP contribution in [0.1, 0.15) is 22.7 Å². The lowest BCUT2D eigenvalue weighted by Crippen LogP contribution is -2.30. The average molecular weight is 349 g/mol. The zero-order valence-electron chi connectivity index (χ0n) is 10.4. The highest BCUT2D eigenvalue weighted by atomic mass is 79.9. The monoisotopic (exact) mass is 348 g/mol. The summed E-state index contributed by atoms with van der Waals surface area (Å²) >= 11 is 3.05. The van der Waals surface area contributed by atoms with E-state index in [1.807, 2.05) is 0 Å². The van der Waals surface area contributed by atoms with Crippen LogP contribution in [0.3, 0.4) is 0 Å². The molecule has 2 rings (SSSR count). The molecule has 20 heavy (non-hydrogen) atoms. The van der Waals surface area contributed by atoms with Crippen molar-refractivity contribution in [2.45, 2.75) is 12.2 Å². The van der Waals surface area contributed by atoms with Gasteiger partial charge in [0, 0.05) is 23.3 Å². The van der Waals surface area contributed by atoms with Crippen molar-refractivity contribution in [3.05, 3.63) is 51.8 Å². The fourth-order valence-corrected chi connectivity index (χ4v) is 2.34. The molecule has 1 aromatic carbocycles. The van der Waals surface area contributed by atoms with Gasteiger partial charge in [-0.15, -0.1) is 0 Å². The number of hydrazine groups is 1. The topological polar surface area (TPSA) is 55.9 Å². The predicted molar refractivity (Wildman–Crippen MR) is 71.5 cm³/mol. The standard InChI is InChI=1S/C12H12BrF3N4/c1-20-6-7(5-18-20)11(19-17)9-3-2-8(13)4-10(9)12(14,15)16/h2-6,11,19H,17H2,1H3. The fraction of sp³-hybridized carbons (Fsp3) is 0.250. The summed E-state index contributed by atoms with van der Waals surface area (Å²) < 4.78 is 41.3. The summed E-state index contributed by atoms with van der Waals surface area (Å²) in [6.45, 7) is 0. The Bertz CT molecular complexity index is 609. The van der Waals surface area contributed by atoms with Gasteiger partial charge in [-0.3, -0.25) is 10.5 Å². The van der Waals surface area contributed by atoms with Gasteiger partial charge in [0.1, 0.15) is 0 Å². The molecule has 4 nitrogen and oxygen atoms in total. The second-order valence-corrected chi connectivity index (χ2v) is 5.19. The number of nitrogens with one attached hydrogen (secondary N) is 1. The number of hydrogen-bond donors (Lipinski definition) is 2. The Labute approximate surface area is 121 Å². The summed E-state index contributed by atoms with van der Waals surface area (Å²) in [6, 6.07) is 3.19. The summed E-state index contributed by atoms with van der Waals surface area (Å²) in [6.07, 6.45) is -1.37. The van der Waals surface area contributed by atoms with Crippen LogP contribution < -0.4 is 11.3 Å². The molecule has 0 fully saturated rings. The largest absolute Gasteiger partial charge is 0.416 e. The van der Waals surface area contributed by atoms with Crippen molar-refractivity contribution in [3.63, 3.8) is 0 Å². The second kappa shape index (κ2) is 5.55. The third kappa shape index (κ3) is 3.02. The maximum atomic E-state index is 13.1. The first-order chi connectivity index (χ1) is 9.32. The van der Waals surface area contributed by atoms with E-state index < -0.39 is 17.8 Å². The maximum absolute atomic E-state index is 13.1. The van der Waals surface area contributed by atoms with Crippen molar-refractivity contribution in [1.29, 1.82) is 0 Å². The molecular formula is C12H12BrF3N4. The summed E-state index contributed by atoms with van der Waals surface area (Å²) in [7, 11) is 1.68. The molecule has 0 radical (unpaired) electrons. The van der Waals surface area contributed by atoms with Gasteiger partial charge in [0.05, 0.1) is 17.8 Å². The molecule has 0 spiro atoms. The van der Waals surface area contributed by atoms with Crippen LogP contribution >= 0.6 is 15.9 Å². The van der Waals surface area contributed by atoms with E-state index in [0.29, 0.717) is 10.0 Å². The molecule has 2 aromatic rings. The number of nitrogens with zero attached hydrogens (tertiary/aromatic N) is 2. The first-order valence-corrected chi connectivity index (χ1v) is 6.43. The summed E-state index contributed by atoms with van der Waals surface area (Å²) in [5, 5.41) is 3.95. The Balaban J connectivity index is 2.55. The number of aromatic nitrogens is 2. The lowest BCUT2D eigenvalue weighted by Gasteiger charge is -2.20. The highest BCUT2D eigenvalue weighted by Crippen LogP contribution is 2.37. The molecule has 0 aliphatic rings. The second-order valence-electron chi connectivity index (χ2n) is 4.28. The number of hydrogen-bond acceptors (Lipinski definition) is 3. The molecule has 3 N–H and O–H groups in total. The van der Waals surface area contributed by atoms with Crippen LogP contribution in [0.5, 0.6) is 0 Å².